The zero-order chi connectivity index (χ0) is 22.6. The Morgan fingerprint density at radius 2 is 1.82 bits per heavy atom. The van der Waals surface area contributed by atoms with E-state index in [1.54, 1.807) is 18.3 Å². The van der Waals surface area contributed by atoms with Gasteiger partial charge in [0.25, 0.3) is 0 Å². The summed E-state index contributed by atoms with van der Waals surface area (Å²) in [6.07, 6.45) is 6.25. The molecule has 0 amide bonds. The normalized spacial score (nSPS) is 15.4. The van der Waals surface area contributed by atoms with E-state index >= 15 is 0 Å². The molecule has 33 heavy (non-hydrogen) atoms. The van der Waals surface area contributed by atoms with Crippen molar-refractivity contribution in [3.8, 4) is 33.8 Å². The molecule has 4 heterocycles. The van der Waals surface area contributed by atoms with Crippen LogP contribution >= 0.6 is 0 Å². The van der Waals surface area contributed by atoms with Crippen LogP contribution in [-0.2, 0) is 4.74 Å². The van der Waals surface area contributed by atoms with Gasteiger partial charge in [0.05, 0.1) is 29.1 Å². The lowest BCUT2D eigenvalue weighted by Crippen LogP contribution is -1.94. The summed E-state index contributed by atoms with van der Waals surface area (Å²) in [6.45, 7) is 3.11. The van der Waals surface area contributed by atoms with E-state index in [1.165, 1.54) is 31.3 Å². The van der Waals surface area contributed by atoms with Crippen molar-refractivity contribution >= 4 is 11.1 Å². The van der Waals surface area contributed by atoms with Gasteiger partial charge >= 0.3 is 0 Å². The molecular formula is C26H23FN4O2. The number of hydrogen-bond acceptors (Lipinski definition) is 5. The van der Waals surface area contributed by atoms with E-state index in [1.807, 2.05) is 36.4 Å². The van der Waals surface area contributed by atoms with Gasteiger partial charge in [-0.25, -0.2) is 14.4 Å². The van der Waals surface area contributed by atoms with Crippen molar-refractivity contribution in [3.63, 3.8) is 0 Å². The minimum Gasteiger partial charge on any atom is -0.438 e. The summed E-state index contributed by atoms with van der Waals surface area (Å²) in [5.41, 5.74) is 4.56. The number of rotatable bonds is 3. The Kier molecular flexibility index (Phi) is 5.95. The number of benzene rings is 2. The second-order valence-electron chi connectivity index (χ2n) is 7.91. The highest BCUT2D eigenvalue weighted by Crippen LogP contribution is 2.35. The molecule has 1 aliphatic rings. The number of aromatic nitrogens is 4. The van der Waals surface area contributed by atoms with Crippen LogP contribution in [0.2, 0.25) is 0 Å². The average Bonchev–Trinajstić information content (AvgIpc) is 3.61. The van der Waals surface area contributed by atoms with E-state index in [9.17, 15) is 4.39 Å². The molecule has 3 aromatic heterocycles. The van der Waals surface area contributed by atoms with Crippen LogP contribution in [0.4, 0.5) is 4.39 Å². The lowest BCUT2D eigenvalue weighted by molar-refractivity contribution is 0.125. The second-order valence-corrected chi connectivity index (χ2v) is 7.91. The van der Waals surface area contributed by atoms with E-state index in [0.717, 1.165) is 40.1 Å². The Hall–Kier alpha value is -3.84. The maximum atomic E-state index is 13.3. The number of H-pyrrole nitrogens is 1. The smallest absolute Gasteiger partial charge is 0.230 e. The number of halogens is 1. The maximum Gasteiger partial charge on any atom is 0.230 e. The number of hydrogen-bond donors (Lipinski definition) is 1. The van der Waals surface area contributed by atoms with Crippen LogP contribution in [0.25, 0.3) is 44.9 Å². The van der Waals surface area contributed by atoms with Crippen molar-refractivity contribution < 1.29 is 13.5 Å². The molecule has 7 heteroatoms. The molecule has 1 aliphatic heterocycles. The largest absolute Gasteiger partial charge is 0.438 e. The molecule has 166 valence electrons. The lowest BCUT2D eigenvalue weighted by atomic mass is 10.0. The molecule has 0 spiro atoms. The summed E-state index contributed by atoms with van der Waals surface area (Å²) in [5.74, 6) is 0.436. The highest BCUT2D eigenvalue weighted by Gasteiger charge is 2.18. The molecule has 1 atom stereocenters. The van der Waals surface area contributed by atoms with Gasteiger partial charge in [0, 0.05) is 23.3 Å². The van der Waals surface area contributed by atoms with Crippen molar-refractivity contribution in [1.82, 2.24) is 20.2 Å². The minimum absolute atomic E-state index is 0.286. The molecule has 1 N–H and O–H groups in total. The van der Waals surface area contributed by atoms with Gasteiger partial charge in [-0.1, -0.05) is 30.3 Å². The monoisotopic (exact) mass is 442 g/mol. The number of aromatic amines is 1. The third-order valence-corrected chi connectivity index (χ3v) is 5.57. The highest BCUT2D eigenvalue weighted by atomic mass is 19.1. The van der Waals surface area contributed by atoms with Crippen molar-refractivity contribution in [2.45, 2.75) is 25.9 Å². The van der Waals surface area contributed by atoms with Gasteiger partial charge in [0.15, 0.2) is 0 Å². The molecule has 0 bridgehead atoms. The predicted octanol–water partition coefficient (Wildman–Crippen LogP) is 6.27. The first kappa shape index (κ1) is 21.0. The molecule has 5 aromatic rings. The Bertz CT molecular complexity index is 1340. The van der Waals surface area contributed by atoms with Gasteiger partial charge < -0.3 is 9.15 Å². The van der Waals surface area contributed by atoms with Crippen molar-refractivity contribution in [3.05, 3.63) is 79.0 Å². The quantitative estimate of drug-likeness (QED) is 0.356. The van der Waals surface area contributed by atoms with Gasteiger partial charge in [0.2, 0.25) is 5.71 Å². The third kappa shape index (κ3) is 4.54. The molecule has 6 nitrogen and oxygen atoms in total. The maximum absolute atomic E-state index is 13.3. The fraction of sp³-hybridized carbons (Fsp3) is 0.192. The van der Waals surface area contributed by atoms with Crippen LogP contribution < -0.4 is 0 Å². The van der Waals surface area contributed by atoms with Gasteiger partial charge in [-0.05, 0) is 50.1 Å². The fourth-order valence-corrected chi connectivity index (χ4v) is 3.86. The highest BCUT2D eigenvalue weighted by molar-refractivity contribution is 5.95. The topological polar surface area (TPSA) is 76.8 Å². The summed E-state index contributed by atoms with van der Waals surface area (Å²) in [7, 11) is 0. The lowest BCUT2D eigenvalue weighted by Gasteiger charge is -2.03. The Morgan fingerprint density at radius 3 is 2.52 bits per heavy atom. The van der Waals surface area contributed by atoms with E-state index in [4.69, 9.17) is 9.15 Å². The first-order valence-corrected chi connectivity index (χ1v) is 10.9. The van der Waals surface area contributed by atoms with Crippen LogP contribution in [0.3, 0.4) is 0 Å². The average molecular weight is 442 g/mol. The predicted molar refractivity (Wildman–Crippen MR) is 125 cm³/mol. The SMILES string of the molecule is CC1CCCO1.Fc1ccc(-c2[nH]ncc2-c2ncnc3oc(-c4ccccc4)cc23)cc1. The molecule has 1 unspecified atom stereocenters. The Balaban J connectivity index is 0.000000332. The van der Waals surface area contributed by atoms with Crippen LogP contribution in [0.1, 0.15) is 19.8 Å². The van der Waals surface area contributed by atoms with Crippen LogP contribution in [0, 0.1) is 5.82 Å². The minimum atomic E-state index is -0.286. The van der Waals surface area contributed by atoms with E-state index < -0.39 is 0 Å². The van der Waals surface area contributed by atoms with Gasteiger partial charge in [-0.2, -0.15) is 5.10 Å². The van der Waals surface area contributed by atoms with Crippen LogP contribution in [0.15, 0.2) is 77.6 Å². The fourth-order valence-electron chi connectivity index (χ4n) is 3.86. The summed E-state index contributed by atoms with van der Waals surface area (Å²) in [6, 6.07) is 18.0. The number of furan rings is 1. The molecule has 6 rings (SSSR count). The van der Waals surface area contributed by atoms with Gasteiger partial charge in [0.1, 0.15) is 17.9 Å². The molecular weight excluding hydrogens is 419 g/mol. The second kappa shape index (κ2) is 9.34. The van der Waals surface area contributed by atoms with Crippen LogP contribution in [0.5, 0.6) is 0 Å². The van der Waals surface area contributed by atoms with E-state index in [-0.39, 0.29) is 5.82 Å². The van der Waals surface area contributed by atoms with Crippen LogP contribution in [-0.4, -0.2) is 32.9 Å². The zero-order valence-electron chi connectivity index (χ0n) is 18.2. The summed E-state index contributed by atoms with van der Waals surface area (Å²) >= 11 is 0. The molecule has 2 aromatic carbocycles. The number of fused-ring (bicyclic) bond motifs is 1. The molecule has 0 aliphatic carbocycles. The first-order valence-electron chi connectivity index (χ1n) is 10.9. The Labute approximate surface area is 190 Å². The van der Waals surface area contributed by atoms with Gasteiger partial charge in [-0.15, -0.1) is 0 Å². The molecule has 0 saturated carbocycles. The van der Waals surface area contributed by atoms with Crippen molar-refractivity contribution in [1.29, 1.82) is 0 Å². The summed E-state index contributed by atoms with van der Waals surface area (Å²) in [4.78, 5) is 8.71. The van der Waals surface area contributed by atoms with Crippen molar-refractivity contribution in [2.75, 3.05) is 6.61 Å². The summed E-state index contributed by atoms with van der Waals surface area (Å²) in [5, 5.41) is 7.93. The van der Waals surface area contributed by atoms with E-state index in [2.05, 4.69) is 27.1 Å². The standard InChI is InChI=1S/C21H13FN4O.C5H10O/c22-15-8-6-14(7-9-15)19-17(11-25-26-19)20-16-10-18(13-4-2-1-3-5-13)27-21(16)24-12-23-20;1-5-3-2-4-6-5/h1-12H,(H,25,26);5H,2-4H2,1H3. The zero-order valence-corrected chi connectivity index (χ0v) is 18.2. The van der Waals surface area contributed by atoms with Gasteiger partial charge in [-0.3, -0.25) is 5.10 Å². The number of nitrogens with zero attached hydrogens (tertiary/aromatic N) is 3. The van der Waals surface area contributed by atoms with Crippen molar-refractivity contribution in [2.24, 2.45) is 0 Å². The first-order chi connectivity index (χ1) is 16.2. The summed E-state index contributed by atoms with van der Waals surface area (Å²) < 4.78 is 24.3. The Morgan fingerprint density at radius 1 is 1.00 bits per heavy atom. The van der Waals surface area contributed by atoms with E-state index in [0.29, 0.717) is 17.5 Å². The third-order valence-electron chi connectivity index (χ3n) is 5.57. The number of ether oxygens (including phenoxy) is 1. The molecule has 1 fully saturated rings. The number of nitrogens with one attached hydrogen (secondary N) is 1. The molecule has 1 saturated heterocycles. The molecule has 0 radical (unpaired) electrons.